The molecule has 0 saturated carbocycles. The zero-order chi connectivity index (χ0) is 4.28. The number of hydrogen-bond acceptors (Lipinski definition) is 1. The van der Waals surface area contributed by atoms with Gasteiger partial charge in [-0.3, -0.25) is 0 Å². The van der Waals surface area contributed by atoms with Gasteiger partial charge in [-0.25, -0.2) is 0 Å². The van der Waals surface area contributed by atoms with Gasteiger partial charge in [0, 0.05) is 0 Å². The Morgan fingerprint density at radius 2 is 2.00 bits per heavy atom. The van der Waals surface area contributed by atoms with E-state index in [1.54, 1.807) is 6.92 Å². The largest absolute Gasteiger partial charge is 1.00 e. The molecule has 0 aliphatic carbocycles. The molecule has 0 spiro atoms. The Kier molecular flexibility index (Phi) is 9.36. The van der Waals surface area contributed by atoms with Gasteiger partial charge in [0.25, 0.3) is 0 Å². The average molecular weight is 94.1 g/mol. The predicted molar refractivity (Wildman–Crippen MR) is 19.7 cm³/mol. The van der Waals surface area contributed by atoms with Crippen LogP contribution >= 0.6 is 0 Å². The van der Waals surface area contributed by atoms with Gasteiger partial charge in [-0.05, 0) is 6.92 Å². The molecule has 0 radical (unpaired) electrons. The first-order valence-corrected chi connectivity index (χ1v) is 1.50. The Labute approximate surface area is 60.4 Å². The van der Waals surface area contributed by atoms with Crippen molar-refractivity contribution in [3.63, 3.8) is 0 Å². The first kappa shape index (κ1) is 9.85. The monoisotopic (exact) mass is 94.0 g/mol. The minimum absolute atomic E-state index is 0. The Morgan fingerprint density at radius 1 is 1.83 bits per heavy atom. The van der Waals surface area contributed by atoms with Crippen molar-refractivity contribution in [2.75, 3.05) is 6.61 Å². The van der Waals surface area contributed by atoms with E-state index in [9.17, 15) is 5.11 Å². The first-order valence-electron chi connectivity index (χ1n) is 1.50. The Bertz CT molecular complexity index is 42.8. The summed E-state index contributed by atoms with van der Waals surface area (Å²) in [6.07, 6.45) is 0. The van der Waals surface area contributed by atoms with Crippen molar-refractivity contribution < 1.29 is 34.7 Å². The molecule has 0 aliphatic heterocycles. The van der Waals surface area contributed by atoms with Crippen molar-refractivity contribution in [3.8, 4) is 0 Å². The molecule has 0 aromatic heterocycles. The standard InChI is InChI=1S/C4H7O.Na/c1-4(2)3-5;/h1,3H2,2H3;/q-1;+1. The van der Waals surface area contributed by atoms with Crippen LogP contribution in [0.15, 0.2) is 12.2 Å². The van der Waals surface area contributed by atoms with E-state index in [0.717, 1.165) is 0 Å². The third kappa shape index (κ3) is 8.83. The fourth-order valence-electron chi connectivity index (χ4n) is 0. The van der Waals surface area contributed by atoms with E-state index in [0.29, 0.717) is 5.57 Å². The van der Waals surface area contributed by atoms with Gasteiger partial charge in [-0.15, -0.1) is 13.2 Å². The van der Waals surface area contributed by atoms with Crippen LogP contribution in [0.3, 0.4) is 0 Å². The maximum absolute atomic E-state index is 9.53. The molecular formula is C4H7NaO. The third-order valence-electron chi connectivity index (χ3n) is 0.246. The van der Waals surface area contributed by atoms with Crippen LogP contribution in [0.4, 0.5) is 0 Å². The van der Waals surface area contributed by atoms with Crippen LogP contribution < -0.4 is 34.7 Å². The first-order chi connectivity index (χ1) is 2.27. The van der Waals surface area contributed by atoms with Crippen LogP contribution in [0.1, 0.15) is 6.92 Å². The van der Waals surface area contributed by atoms with Gasteiger partial charge in [0.05, 0.1) is 0 Å². The SMILES string of the molecule is C=C(C)C[O-].[Na+]. The summed E-state index contributed by atoms with van der Waals surface area (Å²) in [6, 6.07) is 0. The van der Waals surface area contributed by atoms with Gasteiger partial charge in [0.1, 0.15) is 0 Å². The molecule has 0 saturated heterocycles. The molecule has 0 N–H and O–H groups in total. The van der Waals surface area contributed by atoms with Crippen LogP contribution in [0, 0.1) is 0 Å². The van der Waals surface area contributed by atoms with Gasteiger partial charge >= 0.3 is 29.6 Å². The molecule has 0 bridgehead atoms. The zero-order valence-corrected chi connectivity index (χ0v) is 6.32. The van der Waals surface area contributed by atoms with Crippen molar-refractivity contribution in [1.82, 2.24) is 0 Å². The van der Waals surface area contributed by atoms with Crippen LogP contribution in [0.2, 0.25) is 0 Å². The van der Waals surface area contributed by atoms with Crippen LogP contribution in [-0.4, -0.2) is 6.61 Å². The molecule has 30 valence electrons. The Balaban J connectivity index is 0. The molecule has 0 aromatic carbocycles. The second-order valence-corrected chi connectivity index (χ2v) is 1.10. The molecule has 2 heteroatoms. The molecule has 0 heterocycles. The molecule has 1 nitrogen and oxygen atoms in total. The summed E-state index contributed by atoms with van der Waals surface area (Å²) in [5.74, 6) is 0. The van der Waals surface area contributed by atoms with Crippen molar-refractivity contribution in [2.24, 2.45) is 0 Å². The molecule has 0 fully saturated rings. The smallest absolute Gasteiger partial charge is 0.851 e. The van der Waals surface area contributed by atoms with Gasteiger partial charge in [0.15, 0.2) is 0 Å². The predicted octanol–water partition coefficient (Wildman–Crippen LogP) is -3.07. The van der Waals surface area contributed by atoms with E-state index >= 15 is 0 Å². The number of rotatable bonds is 1. The van der Waals surface area contributed by atoms with Crippen LogP contribution in [0.25, 0.3) is 0 Å². The quantitative estimate of drug-likeness (QED) is 0.250. The van der Waals surface area contributed by atoms with E-state index in [1.165, 1.54) is 0 Å². The molecule has 0 aliphatic rings. The summed E-state index contributed by atoms with van der Waals surface area (Å²) >= 11 is 0. The summed E-state index contributed by atoms with van der Waals surface area (Å²) < 4.78 is 0. The minimum atomic E-state index is -0.139. The fourth-order valence-corrected chi connectivity index (χ4v) is 0. The van der Waals surface area contributed by atoms with Gasteiger partial charge < -0.3 is 5.11 Å². The Hall–Kier alpha value is 0.700. The minimum Gasteiger partial charge on any atom is -0.851 e. The normalized spacial score (nSPS) is 6.33. The topological polar surface area (TPSA) is 23.1 Å². The molecule has 6 heavy (non-hydrogen) atoms. The summed E-state index contributed by atoms with van der Waals surface area (Å²) in [6.45, 7) is 4.94. The van der Waals surface area contributed by atoms with Gasteiger partial charge in [-0.1, -0.05) is 5.57 Å². The third-order valence-corrected chi connectivity index (χ3v) is 0.246. The number of hydrogen-bond donors (Lipinski definition) is 0. The van der Waals surface area contributed by atoms with Crippen LogP contribution in [-0.2, 0) is 0 Å². The maximum Gasteiger partial charge on any atom is 1.00 e. The van der Waals surface area contributed by atoms with E-state index in [2.05, 4.69) is 6.58 Å². The average Bonchev–Trinajstić information content (AvgIpc) is 1.38. The van der Waals surface area contributed by atoms with Crippen molar-refractivity contribution >= 4 is 0 Å². The summed E-state index contributed by atoms with van der Waals surface area (Å²) in [4.78, 5) is 0. The van der Waals surface area contributed by atoms with E-state index in [-0.39, 0.29) is 36.2 Å². The van der Waals surface area contributed by atoms with E-state index in [1.807, 2.05) is 0 Å². The van der Waals surface area contributed by atoms with Crippen molar-refractivity contribution in [1.29, 1.82) is 0 Å². The zero-order valence-electron chi connectivity index (χ0n) is 4.32. The molecular weight excluding hydrogens is 87.0 g/mol. The Morgan fingerprint density at radius 3 is 2.00 bits per heavy atom. The van der Waals surface area contributed by atoms with Gasteiger partial charge in [0.2, 0.25) is 0 Å². The molecule has 0 atom stereocenters. The second-order valence-electron chi connectivity index (χ2n) is 1.10. The fraction of sp³-hybridized carbons (Fsp3) is 0.500. The van der Waals surface area contributed by atoms with Crippen LogP contribution in [0.5, 0.6) is 0 Å². The maximum atomic E-state index is 9.53. The molecule has 0 unspecified atom stereocenters. The summed E-state index contributed by atoms with van der Waals surface area (Å²) in [7, 11) is 0. The molecule has 0 amide bonds. The van der Waals surface area contributed by atoms with Crippen molar-refractivity contribution in [2.45, 2.75) is 6.92 Å². The summed E-state index contributed by atoms with van der Waals surface area (Å²) in [5, 5.41) is 9.53. The summed E-state index contributed by atoms with van der Waals surface area (Å²) in [5.41, 5.74) is 0.699. The van der Waals surface area contributed by atoms with Crippen molar-refractivity contribution in [3.05, 3.63) is 12.2 Å². The van der Waals surface area contributed by atoms with E-state index < -0.39 is 0 Å². The van der Waals surface area contributed by atoms with E-state index in [4.69, 9.17) is 0 Å². The molecule has 0 rings (SSSR count). The second kappa shape index (κ2) is 5.70. The van der Waals surface area contributed by atoms with Gasteiger partial charge in [-0.2, -0.15) is 0 Å². The molecule has 0 aromatic rings.